The first-order valence-corrected chi connectivity index (χ1v) is 8.12. The summed E-state index contributed by atoms with van der Waals surface area (Å²) in [4.78, 5) is 17.0. The van der Waals surface area contributed by atoms with Gasteiger partial charge in [-0.2, -0.15) is 4.31 Å². The summed E-state index contributed by atoms with van der Waals surface area (Å²) in [5, 5.41) is 9.05. The van der Waals surface area contributed by atoms with Crippen LogP contribution in [0.2, 0.25) is 0 Å². The molecule has 21 heavy (non-hydrogen) atoms. The van der Waals surface area contributed by atoms with Crippen molar-refractivity contribution in [1.29, 1.82) is 0 Å². The number of aromatic nitrogens is 1. The van der Waals surface area contributed by atoms with Gasteiger partial charge in [0.2, 0.25) is 10.0 Å². The fourth-order valence-electron chi connectivity index (χ4n) is 2.30. The number of pyridine rings is 1. The van der Waals surface area contributed by atoms with E-state index < -0.39 is 21.9 Å². The Morgan fingerprint density at radius 1 is 1.43 bits per heavy atom. The minimum absolute atomic E-state index is 0.0209. The third-order valence-electron chi connectivity index (χ3n) is 3.55. The summed E-state index contributed by atoms with van der Waals surface area (Å²) >= 11 is 0. The molecule has 2 heterocycles. The standard InChI is InChI=1S/C13H19N3O4S/c1-15(2)12-6-5-11(8-14-12)21(19,20)16-7-3-4-10(9-16)13(17)18/h5-6,8,10H,3-4,7,9H2,1-2H3,(H,17,18). The van der Waals surface area contributed by atoms with Crippen LogP contribution in [0, 0.1) is 5.92 Å². The van der Waals surface area contributed by atoms with E-state index in [2.05, 4.69) is 4.98 Å². The minimum Gasteiger partial charge on any atom is -0.481 e. The van der Waals surface area contributed by atoms with E-state index in [0.717, 1.165) is 0 Å². The molecule has 1 aliphatic heterocycles. The van der Waals surface area contributed by atoms with Gasteiger partial charge in [-0.25, -0.2) is 13.4 Å². The smallest absolute Gasteiger partial charge is 0.307 e. The Bertz CT molecular complexity index is 613. The summed E-state index contributed by atoms with van der Waals surface area (Å²) in [5.41, 5.74) is 0. The summed E-state index contributed by atoms with van der Waals surface area (Å²) in [5.74, 6) is -0.922. The molecule has 1 aliphatic rings. The second-order valence-corrected chi connectivity index (χ2v) is 7.22. The van der Waals surface area contributed by atoms with Gasteiger partial charge in [-0.15, -0.1) is 0 Å². The highest BCUT2D eigenvalue weighted by atomic mass is 32.2. The molecule has 2 rings (SSSR count). The quantitative estimate of drug-likeness (QED) is 0.877. The van der Waals surface area contributed by atoms with Crippen LogP contribution in [0.1, 0.15) is 12.8 Å². The van der Waals surface area contributed by atoms with Crippen LogP contribution in [0.3, 0.4) is 0 Å². The largest absolute Gasteiger partial charge is 0.481 e. The molecular formula is C13H19N3O4S. The van der Waals surface area contributed by atoms with Crippen LogP contribution in [-0.2, 0) is 14.8 Å². The lowest BCUT2D eigenvalue weighted by Gasteiger charge is -2.29. The van der Waals surface area contributed by atoms with Crippen molar-refractivity contribution < 1.29 is 18.3 Å². The molecule has 0 amide bonds. The van der Waals surface area contributed by atoms with Gasteiger partial charge in [0.05, 0.1) is 5.92 Å². The second kappa shape index (κ2) is 5.98. The zero-order chi connectivity index (χ0) is 15.6. The van der Waals surface area contributed by atoms with Crippen LogP contribution < -0.4 is 4.90 Å². The Morgan fingerprint density at radius 2 is 2.14 bits per heavy atom. The van der Waals surface area contributed by atoms with Crippen molar-refractivity contribution in [3.05, 3.63) is 18.3 Å². The Labute approximate surface area is 124 Å². The van der Waals surface area contributed by atoms with E-state index in [1.807, 2.05) is 14.1 Å². The van der Waals surface area contributed by atoms with E-state index in [9.17, 15) is 13.2 Å². The van der Waals surface area contributed by atoms with Crippen LogP contribution in [0.25, 0.3) is 0 Å². The van der Waals surface area contributed by atoms with Crippen LogP contribution in [0.4, 0.5) is 5.82 Å². The van der Waals surface area contributed by atoms with Crippen molar-refractivity contribution in [3.63, 3.8) is 0 Å². The molecular weight excluding hydrogens is 294 g/mol. The minimum atomic E-state index is -3.68. The van der Waals surface area contributed by atoms with Gasteiger partial charge in [0, 0.05) is 33.4 Å². The average Bonchev–Trinajstić information content (AvgIpc) is 2.47. The summed E-state index contributed by atoms with van der Waals surface area (Å²) < 4.78 is 26.3. The van der Waals surface area contributed by atoms with Gasteiger partial charge in [0.25, 0.3) is 0 Å². The Kier molecular flexibility index (Phi) is 4.48. The molecule has 1 unspecified atom stereocenters. The van der Waals surface area contributed by atoms with Gasteiger partial charge < -0.3 is 10.0 Å². The molecule has 0 aromatic carbocycles. The maximum absolute atomic E-state index is 12.5. The van der Waals surface area contributed by atoms with Crippen molar-refractivity contribution in [2.45, 2.75) is 17.7 Å². The number of sulfonamides is 1. The average molecular weight is 313 g/mol. The van der Waals surface area contributed by atoms with Crippen molar-refractivity contribution >= 4 is 21.8 Å². The Balaban J connectivity index is 2.22. The molecule has 0 spiro atoms. The Morgan fingerprint density at radius 3 is 2.67 bits per heavy atom. The number of rotatable bonds is 4. The molecule has 0 saturated carbocycles. The van der Waals surface area contributed by atoms with Gasteiger partial charge in [0.15, 0.2) is 0 Å². The van der Waals surface area contributed by atoms with Crippen LogP contribution >= 0.6 is 0 Å². The zero-order valence-electron chi connectivity index (χ0n) is 12.1. The second-order valence-electron chi connectivity index (χ2n) is 5.29. The number of anilines is 1. The lowest BCUT2D eigenvalue weighted by atomic mass is 10.0. The first-order valence-electron chi connectivity index (χ1n) is 6.68. The van der Waals surface area contributed by atoms with Gasteiger partial charge in [-0.05, 0) is 25.0 Å². The third kappa shape index (κ3) is 3.33. The first-order chi connectivity index (χ1) is 9.82. The maximum Gasteiger partial charge on any atom is 0.307 e. The molecule has 0 radical (unpaired) electrons. The predicted molar refractivity (Wildman–Crippen MR) is 77.7 cm³/mol. The molecule has 0 aliphatic carbocycles. The fraction of sp³-hybridized carbons (Fsp3) is 0.538. The Hall–Kier alpha value is -1.67. The highest BCUT2D eigenvalue weighted by Gasteiger charge is 2.33. The molecule has 1 fully saturated rings. The highest BCUT2D eigenvalue weighted by Crippen LogP contribution is 2.24. The van der Waals surface area contributed by atoms with E-state index >= 15 is 0 Å². The summed E-state index contributed by atoms with van der Waals surface area (Å²) in [6.07, 6.45) is 2.38. The van der Waals surface area contributed by atoms with Gasteiger partial charge >= 0.3 is 5.97 Å². The van der Waals surface area contributed by atoms with Crippen LogP contribution in [0.15, 0.2) is 23.2 Å². The van der Waals surface area contributed by atoms with Crippen molar-refractivity contribution in [2.75, 3.05) is 32.1 Å². The van der Waals surface area contributed by atoms with E-state index in [4.69, 9.17) is 5.11 Å². The topological polar surface area (TPSA) is 90.8 Å². The number of carboxylic acids is 1. The molecule has 1 atom stereocenters. The molecule has 116 valence electrons. The first kappa shape index (κ1) is 15.7. The number of carbonyl (C=O) groups is 1. The number of hydrogen-bond acceptors (Lipinski definition) is 5. The summed E-state index contributed by atoms with van der Waals surface area (Å²) in [6.45, 7) is 0.370. The lowest BCUT2D eigenvalue weighted by Crippen LogP contribution is -2.42. The zero-order valence-corrected chi connectivity index (χ0v) is 12.9. The molecule has 1 aromatic rings. The van der Waals surface area contributed by atoms with Crippen LogP contribution in [0.5, 0.6) is 0 Å². The van der Waals surface area contributed by atoms with Gasteiger partial charge in [-0.3, -0.25) is 4.79 Å². The molecule has 1 aromatic heterocycles. The van der Waals surface area contributed by atoms with E-state index in [1.54, 1.807) is 11.0 Å². The molecule has 0 bridgehead atoms. The SMILES string of the molecule is CN(C)c1ccc(S(=O)(=O)N2CCCC(C(=O)O)C2)cn1. The normalized spacial score (nSPS) is 20.2. The fourth-order valence-corrected chi connectivity index (χ4v) is 3.77. The number of hydrogen-bond donors (Lipinski definition) is 1. The van der Waals surface area contributed by atoms with E-state index in [1.165, 1.54) is 16.6 Å². The molecule has 1 saturated heterocycles. The number of nitrogens with zero attached hydrogens (tertiary/aromatic N) is 3. The number of carboxylic acid groups (broad SMARTS) is 1. The van der Waals surface area contributed by atoms with Gasteiger partial charge in [-0.1, -0.05) is 0 Å². The predicted octanol–water partition coefficient (Wildman–Crippen LogP) is 0.633. The molecule has 8 heteroatoms. The number of aliphatic carboxylic acids is 1. The van der Waals surface area contributed by atoms with E-state index in [-0.39, 0.29) is 11.4 Å². The van der Waals surface area contributed by atoms with Crippen molar-refractivity contribution in [3.8, 4) is 0 Å². The summed E-state index contributed by atoms with van der Waals surface area (Å²) in [7, 11) is -0.0458. The highest BCUT2D eigenvalue weighted by molar-refractivity contribution is 7.89. The van der Waals surface area contributed by atoms with E-state index in [0.29, 0.717) is 25.2 Å². The lowest BCUT2D eigenvalue weighted by molar-refractivity contribution is -0.142. The monoisotopic (exact) mass is 313 g/mol. The number of piperidine rings is 1. The third-order valence-corrected chi connectivity index (χ3v) is 5.40. The van der Waals surface area contributed by atoms with Crippen molar-refractivity contribution in [1.82, 2.24) is 9.29 Å². The van der Waals surface area contributed by atoms with Crippen LogP contribution in [-0.4, -0.2) is 56.0 Å². The summed E-state index contributed by atoms with van der Waals surface area (Å²) in [6, 6.07) is 3.13. The molecule has 7 nitrogen and oxygen atoms in total. The van der Waals surface area contributed by atoms with Crippen molar-refractivity contribution in [2.24, 2.45) is 5.92 Å². The maximum atomic E-state index is 12.5. The molecule has 1 N–H and O–H groups in total. The van der Waals surface area contributed by atoms with Gasteiger partial charge in [0.1, 0.15) is 10.7 Å².